The fraction of sp³-hybridized carbons (Fsp3) is 0.174. The molecule has 0 radical (unpaired) electrons. The molecule has 2 amide bonds. The maximum Gasteiger partial charge on any atom is 0.273 e. The summed E-state index contributed by atoms with van der Waals surface area (Å²) in [6.45, 7) is 0. The van der Waals surface area contributed by atoms with Crippen LogP contribution in [0.15, 0.2) is 65.4 Å². The van der Waals surface area contributed by atoms with Crippen molar-refractivity contribution in [2.45, 2.75) is 24.9 Å². The Morgan fingerprint density at radius 2 is 1.88 bits per heavy atom. The molecule has 0 aliphatic rings. The minimum absolute atomic E-state index is 0.00586. The third-order valence-corrected chi connectivity index (χ3v) is 5.21. The van der Waals surface area contributed by atoms with Crippen LogP contribution in [0, 0.1) is 0 Å². The Morgan fingerprint density at radius 1 is 1.12 bits per heavy atom. The number of phenols is 1. The van der Waals surface area contributed by atoms with Crippen LogP contribution in [0.4, 0.5) is 0 Å². The molecule has 0 saturated heterocycles. The molecule has 0 aliphatic carbocycles. The largest absolute Gasteiger partial charge is 0.508 e. The second-order valence-electron chi connectivity index (χ2n) is 7.54. The van der Waals surface area contributed by atoms with E-state index >= 15 is 0 Å². The number of oxazole rings is 1. The van der Waals surface area contributed by atoms with Crippen molar-refractivity contribution in [3.8, 4) is 5.75 Å². The van der Waals surface area contributed by atoms with Crippen LogP contribution in [-0.4, -0.2) is 32.9 Å². The molecule has 4 aromatic rings. The van der Waals surface area contributed by atoms with E-state index in [0.29, 0.717) is 6.42 Å². The van der Waals surface area contributed by atoms with E-state index in [1.54, 1.807) is 30.5 Å². The Labute approximate surface area is 183 Å². The molecule has 2 aromatic heterocycles. The summed E-state index contributed by atoms with van der Waals surface area (Å²) in [6.07, 6.45) is 3.64. The Morgan fingerprint density at radius 3 is 2.62 bits per heavy atom. The number of hydrogen-bond acceptors (Lipinski definition) is 6. The fourth-order valence-electron chi connectivity index (χ4n) is 3.51. The molecule has 0 aliphatic heterocycles. The van der Waals surface area contributed by atoms with Gasteiger partial charge in [-0.15, -0.1) is 0 Å². The first kappa shape index (κ1) is 21.1. The Hall–Kier alpha value is -4.11. The molecule has 0 fully saturated rings. The van der Waals surface area contributed by atoms with Crippen LogP contribution in [0.3, 0.4) is 0 Å². The number of benzene rings is 2. The van der Waals surface area contributed by atoms with Gasteiger partial charge in [-0.1, -0.05) is 30.3 Å². The number of fused-ring (bicyclic) bond motifs is 1. The third kappa shape index (κ3) is 4.62. The predicted molar refractivity (Wildman–Crippen MR) is 118 cm³/mol. The molecule has 4 rings (SSSR count). The summed E-state index contributed by atoms with van der Waals surface area (Å²) in [6, 6.07) is 12.8. The van der Waals surface area contributed by atoms with E-state index in [0.717, 1.165) is 22.0 Å². The van der Waals surface area contributed by atoms with E-state index < -0.39 is 23.9 Å². The average Bonchev–Trinajstić information content (AvgIpc) is 3.43. The molecule has 2 aromatic carbocycles. The number of carbonyl (C=O) groups is 2. The predicted octanol–water partition coefficient (Wildman–Crippen LogP) is 1.93. The molecule has 2 heterocycles. The lowest BCUT2D eigenvalue weighted by Crippen LogP contribution is -2.46. The first-order valence-corrected chi connectivity index (χ1v) is 10.0. The second-order valence-corrected chi connectivity index (χ2v) is 7.54. The van der Waals surface area contributed by atoms with Crippen LogP contribution in [-0.2, 0) is 17.6 Å². The van der Waals surface area contributed by atoms with Crippen molar-refractivity contribution >= 4 is 22.7 Å². The monoisotopic (exact) mass is 433 g/mol. The number of nitrogens with zero attached hydrogens (tertiary/aromatic N) is 1. The van der Waals surface area contributed by atoms with Gasteiger partial charge in [0.15, 0.2) is 5.69 Å². The molecule has 2 unspecified atom stereocenters. The minimum Gasteiger partial charge on any atom is -0.508 e. The van der Waals surface area contributed by atoms with Crippen LogP contribution in [0.2, 0.25) is 0 Å². The highest BCUT2D eigenvalue weighted by molar-refractivity contribution is 5.96. The van der Waals surface area contributed by atoms with Crippen LogP contribution in [0.1, 0.15) is 33.5 Å². The van der Waals surface area contributed by atoms with Gasteiger partial charge in [-0.2, -0.15) is 0 Å². The lowest BCUT2D eigenvalue weighted by Gasteiger charge is -2.14. The molecule has 9 heteroatoms. The van der Waals surface area contributed by atoms with Gasteiger partial charge < -0.3 is 31.3 Å². The van der Waals surface area contributed by atoms with E-state index in [4.69, 9.17) is 15.9 Å². The Balaban J connectivity index is 1.43. The van der Waals surface area contributed by atoms with Gasteiger partial charge in [0.25, 0.3) is 5.91 Å². The quantitative estimate of drug-likeness (QED) is 0.285. The number of nitrogens with two attached hydrogens (primary N) is 2. The Kier molecular flexibility index (Phi) is 5.91. The molecule has 164 valence electrons. The normalized spacial score (nSPS) is 13.0. The first-order valence-electron chi connectivity index (χ1n) is 10.0. The molecule has 0 bridgehead atoms. The average molecular weight is 433 g/mol. The number of aromatic nitrogens is 2. The molecule has 0 spiro atoms. The first-order chi connectivity index (χ1) is 15.4. The van der Waals surface area contributed by atoms with Gasteiger partial charge in [-0.05, 0) is 35.7 Å². The van der Waals surface area contributed by atoms with Gasteiger partial charge in [0.1, 0.15) is 18.1 Å². The van der Waals surface area contributed by atoms with Gasteiger partial charge >= 0.3 is 0 Å². The van der Waals surface area contributed by atoms with Crippen molar-refractivity contribution in [1.82, 2.24) is 15.3 Å². The zero-order chi connectivity index (χ0) is 22.7. The van der Waals surface area contributed by atoms with Crippen LogP contribution in [0.25, 0.3) is 10.9 Å². The summed E-state index contributed by atoms with van der Waals surface area (Å²) >= 11 is 0. The standard InChI is InChI=1S/C23H23N5O4/c24-17(9-13-5-7-15(29)8-6-13)23-28-20(12-32-23)22(31)27-19(21(25)30)10-14-11-26-18-4-2-1-3-16(14)18/h1-8,11-12,17,19,26,29H,9-10,24H2,(H2,25,30)(H,27,31). The number of nitrogens with one attached hydrogen (secondary N) is 2. The van der Waals surface area contributed by atoms with Crippen molar-refractivity contribution < 1.29 is 19.1 Å². The smallest absolute Gasteiger partial charge is 0.273 e. The minimum atomic E-state index is -0.924. The molecule has 7 N–H and O–H groups in total. The zero-order valence-electron chi connectivity index (χ0n) is 17.1. The van der Waals surface area contributed by atoms with E-state index in [9.17, 15) is 14.7 Å². The van der Waals surface area contributed by atoms with E-state index in [2.05, 4.69) is 15.3 Å². The highest BCUT2D eigenvalue weighted by Gasteiger charge is 2.24. The number of para-hydroxylation sites is 1. The molecule has 32 heavy (non-hydrogen) atoms. The number of primary amides is 1. The van der Waals surface area contributed by atoms with Crippen molar-refractivity contribution in [2.75, 3.05) is 0 Å². The van der Waals surface area contributed by atoms with E-state index in [1.165, 1.54) is 6.26 Å². The van der Waals surface area contributed by atoms with Crippen molar-refractivity contribution in [2.24, 2.45) is 11.5 Å². The molecular weight excluding hydrogens is 410 g/mol. The number of aromatic hydroxyl groups is 1. The topological polar surface area (TPSA) is 160 Å². The Bertz CT molecular complexity index is 1240. The van der Waals surface area contributed by atoms with Gasteiger partial charge in [0.2, 0.25) is 11.8 Å². The van der Waals surface area contributed by atoms with Crippen LogP contribution < -0.4 is 16.8 Å². The van der Waals surface area contributed by atoms with Gasteiger partial charge in [0.05, 0.1) is 6.04 Å². The van der Waals surface area contributed by atoms with E-state index in [1.807, 2.05) is 24.3 Å². The SMILES string of the molecule is NC(=O)C(Cc1c[nH]c2ccccc12)NC(=O)c1coc(C(N)Cc2ccc(O)cc2)n1. The molecule has 0 saturated carbocycles. The maximum absolute atomic E-state index is 12.7. The number of aromatic amines is 1. The number of carbonyl (C=O) groups excluding carboxylic acids is 2. The summed E-state index contributed by atoms with van der Waals surface area (Å²) in [5, 5.41) is 13.0. The zero-order valence-corrected chi connectivity index (χ0v) is 17.1. The number of phenolic OH excluding ortho intramolecular Hbond substituents is 1. The van der Waals surface area contributed by atoms with Crippen molar-refractivity contribution in [3.63, 3.8) is 0 Å². The fourth-order valence-corrected chi connectivity index (χ4v) is 3.51. The molecular formula is C23H23N5O4. The van der Waals surface area contributed by atoms with Crippen LogP contribution in [0.5, 0.6) is 5.75 Å². The van der Waals surface area contributed by atoms with Gasteiger partial charge in [0, 0.05) is 23.5 Å². The van der Waals surface area contributed by atoms with Crippen molar-refractivity contribution in [3.05, 3.63) is 83.7 Å². The number of amides is 2. The second kappa shape index (κ2) is 8.94. The number of hydrogen-bond donors (Lipinski definition) is 5. The molecule has 2 atom stereocenters. The lowest BCUT2D eigenvalue weighted by molar-refractivity contribution is -0.119. The third-order valence-electron chi connectivity index (χ3n) is 5.21. The lowest BCUT2D eigenvalue weighted by atomic mass is 10.0. The highest BCUT2D eigenvalue weighted by atomic mass is 16.3. The van der Waals surface area contributed by atoms with Gasteiger partial charge in [-0.3, -0.25) is 9.59 Å². The summed E-state index contributed by atoms with van der Waals surface area (Å²) in [4.78, 5) is 32.0. The van der Waals surface area contributed by atoms with Gasteiger partial charge in [-0.25, -0.2) is 4.98 Å². The van der Waals surface area contributed by atoms with Crippen LogP contribution >= 0.6 is 0 Å². The molecule has 9 nitrogen and oxygen atoms in total. The summed E-state index contributed by atoms with van der Waals surface area (Å²) in [5.74, 6) is -0.888. The maximum atomic E-state index is 12.7. The number of H-pyrrole nitrogens is 1. The summed E-state index contributed by atoms with van der Waals surface area (Å²) in [7, 11) is 0. The number of rotatable bonds is 8. The van der Waals surface area contributed by atoms with E-state index in [-0.39, 0.29) is 23.8 Å². The highest BCUT2D eigenvalue weighted by Crippen LogP contribution is 2.20. The van der Waals surface area contributed by atoms with Crippen molar-refractivity contribution in [1.29, 1.82) is 0 Å². The summed E-state index contributed by atoms with van der Waals surface area (Å²) in [5.41, 5.74) is 14.4. The summed E-state index contributed by atoms with van der Waals surface area (Å²) < 4.78 is 5.38.